The second kappa shape index (κ2) is 5.21. The van der Waals surface area contributed by atoms with Crippen LogP contribution in [0.15, 0.2) is 24.3 Å². The molecule has 0 heterocycles. The van der Waals surface area contributed by atoms with E-state index in [0.717, 1.165) is 24.3 Å². The average Bonchev–Trinajstić information content (AvgIpc) is 2.09. The van der Waals surface area contributed by atoms with Crippen LogP contribution in [0.1, 0.15) is 25.3 Å². The molecule has 0 fully saturated rings. The normalized spacial score (nSPS) is 10.2. The maximum Gasteiger partial charge on any atom is 0.0406 e. The summed E-state index contributed by atoms with van der Waals surface area (Å²) in [4.78, 5) is 0. The number of unbranched alkanes of at least 4 members (excludes halogenated alkanes) is 2. The summed E-state index contributed by atoms with van der Waals surface area (Å²) < 4.78 is 0. The van der Waals surface area contributed by atoms with Crippen molar-refractivity contribution in [2.24, 2.45) is 0 Å². The van der Waals surface area contributed by atoms with Gasteiger partial charge in [-0.1, -0.05) is 37.1 Å². The summed E-state index contributed by atoms with van der Waals surface area (Å²) in [6.45, 7) is 2.17. The highest BCUT2D eigenvalue weighted by atomic mass is 35.5. The molecule has 1 aromatic rings. The van der Waals surface area contributed by atoms with Gasteiger partial charge in [0.1, 0.15) is 0 Å². The predicted molar refractivity (Wildman–Crippen MR) is 54.4 cm³/mol. The van der Waals surface area contributed by atoms with Gasteiger partial charge in [0.2, 0.25) is 0 Å². The van der Waals surface area contributed by atoms with Crippen molar-refractivity contribution in [2.75, 3.05) is 0 Å². The van der Waals surface area contributed by atoms with Crippen molar-refractivity contribution in [2.45, 2.75) is 26.2 Å². The van der Waals surface area contributed by atoms with Gasteiger partial charge < -0.3 is 0 Å². The van der Waals surface area contributed by atoms with Crippen molar-refractivity contribution in [1.82, 2.24) is 0 Å². The van der Waals surface area contributed by atoms with Crippen molar-refractivity contribution in [3.05, 3.63) is 41.3 Å². The Labute approximate surface area is 79.6 Å². The lowest BCUT2D eigenvalue weighted by Gasteiger charge is -1.99. The number of hydrogen-bond acceptors (Lipinski definition) is 0. The standard InChI is InChI=1S/C11H14Cl/c1-2-3-4-5-10-6-8-11(12)9-7-10/h3,6-9H,2,4-5H2,1H3. The van der Waals surface area contributed by atoms with Crippen LogP contribution >= 0.6 is 11.6 Å². The molecule has 0 atom stereocenters. The molecule has 1 rings (SSSR count). The fourth-order valence-electron chi connectivity index (χ4n) is 1.12. The zero-order valence-electron chi connectivity index (χ0n) is 7.39. The molecule has 0 unspecified atom stereocenters. The molecule has 1 aromatic carbocycles. The molecule has 0 saturated heterocycles. The number of rotatable bonds is 4. The highest BCUT2D eigenvalue weighted by Gasteiger charge is 1.92. The van der Waals surface area contributed by atoms with Crippen LogP contribution in [0.4, 0.5) is 0 Å². The third-order valence-corrected chi connectivity index (χ3v) is 2.09. The van der Waals surface area contributed by atoms with Crippen LogP contribution in [0.2, 0.25) is 5.02 Å². The maximum absolute atomic E-state index is 5.77. The third kappa shape index (κ3) is 3.27. The van der Waals surface area contributed by atoms with Crippen LogP contribution in [0.25, 0.3) is 0 Å². The molecule has 0 aliphatic rings. The molecule has 1 heteroatoms. The zero-order chi connectivity index (χ0) is 8.81. The molecule has 1 radical (unpaired) electrons. The zero-order valence-corrected chi connectivity index (χ0v) is 8.14. The van der Waals surface area contributed by atoms with Crippen molar-refractivity contribution in [3.63, 3.8) is 0 Å². The van der Waals surface area contributed by atoms with E-state index in [2.05, 4.69) is 25.5 Å². The van der Waals surface area contributed by atoms with Crippen molar-refractivity contribution in [3.8, 4) is 0 Å². The van der Waals surface area contributed by atoms with Gasteiger partial charge in [-0.25, -0.2) is 0 Å². The molecule has 0 aromatic heterocycles. The number of benzene rings is 1. The first-order valence-electron chi connectivity index (χ1n) is 4.39. The van der Waals surface area contributed by atoms with E-state index in [0.29, 0.717) is 0 Å². The van der Waals surface area contributed by atoms with Crippen molar-refractivity contribution in [1.29, 1.82) is 0 Å². The Balaban J connectivity index is 2.37. The summed E-state index contributed by atoms with van der Waals surface area (Å²) >= 11 is 5.77. The Bertz CT molecular complexity index is 213. The van der Waals surface area contributed by atoms with E-state index < -0.39 is 0 Å². The van der Waals surface area contributed by atoms with Gasteiger partial charge >= 0.3 is 0 Å². The van der Waals surface area contributed by atoms with Crippen LogP contribution in [0.3, 0.4) is 0 Å². The maximum atomic E-state index is 5.77. The van der Waals surface area contributed by atoms with E-state index in [1.165, 1.54) is 5.56 Å². The van der Waals surface area contributed by atoms with Crippen LogP contribution in [0, 0.1) is 6.42 Å². The highest BCUT2D eigenvalue weighted by Crippen LogP contribution is 2.11. The molecule has 0 spiro atoms. The average molecular weight is 182 g/mol. The fraction of sp³-hybridized carbons (Fsp3) is 0.364. The summed E-state index contributed by atoms with van der Waals surface area (Å²) in [6, 6.07) is 8.07. The molecule has 0 N–H and O–H groups in total. The van der Waals surface area contributed by atoms with Gasteiger partial charge in [0.05, 0.1) is 0 Å². The molecule has 0 aliphatic carbocycles. The van der Waals surface area contributed by atoms with Gasteiger partial charge in [-0.2, -0.15) is 0 Å². The second-order valence-corrected chi connectivity index (χ2v) is 3.30. The molecular weight excluding hydrogens is 168 g/mol. The molecule has 0 saturated carbocycles. The first-order chi connectivity index (χ1) is 5.83. The molecular formula is C11H14Cl. The minimum absolute atomic E-state index is 0.818. The van der Waals surface area contributed by atoms with E-state index in [1.807, 2.05) is 12.1 Å². The van der Waals surface area contributed by atoms with Gasteiger partial charge in [-0.15, -0.1) is 0 Å². The molecule has 65 valence electrons. The summed E-state index contributed by atoms with van der Waals surface area (Å²) in [5, 5.41) is 0.818. The van der Waals surface area contributed by atoms with Crippen LogP contribution < -0.4 is 0 Å². The number of hydrogen-bond donors (Lipinski definition) is 0. The first kappa shape index (κ1) is 9.60. The third-order valence-electron chi connectivity index (χ3n) is 1.84. The van der Waals surface area contributed by atoms with Gasteiger partial charge in [0.25, 0.3) is 0 Å². The first-order valence-corrected chi connectivity index (χ1v) is 4.77. The van der Waals surface area contributed by atoms with E-state index in [9.17, 15) is 0 Å². The smallest absolute Gasteiger partial charge is 0.0406 e. The minimum atomic E-state index is 0.818. The van der Waals surface area contributed by atoms with E-state index >= 15 is 0 Å². The fourth-order valence-corrected chi connectivity index (χ4v) is 1.25. The lowest BCUT2D eigenvalue weighted by molar-refractivity contribution is 0.878. The van der Waals surface area contributed by atoms with Gasteiger partial charge in [-0.3, -0.25) is 0 Å². The Morgan fingerprint density at radius 2 is 1.92 bits per heavy atom. The summed E-state index contributed by atoms with van der Waals surface area (Å²) in [5.74, 6) is 0. The lowest BCUT2D eigenvalue weighted by atomic mass is 10.1. The lowest BCUT2D eigenvalue weighted by Crippen LogP contribution is -1.84. The Hall–Kier alpha value is -0.490. The Morgan fingerprint density at radius 3 is 2.50 bits per heavy atom. The summed E-state index contributed by atoms with van der Waals surface area (Å²) in [5.41, 5.74) is 1.36. The van der Waals surface area contributed by atoms with Crippen LogP contribution in [-0.4, -0.2) is 0 Å². The number of halogens is 1. The Morgan fingerprint density at radius 1 is 1.25 bits per heavy atom. The molecule has 12 heavy (non-hydrogen) atoms. The largest absolute Gasteiger partial charge is 0.0843 e. The predicted octanol–water partition coefficient (Wildman–Crippen LogP) is 3.89. The topological polar surface area (TPSA) is 0 Å². The van der Waals surface area contributed by atoms with Crippen molar-refractivity contribution < 1.29 is 0 Å². The molecule has 0 bridgehead atoms. The quantitative estimate of drug-likeness (QED) is 0.619. The van der Waals surface area contributed by atoms with E-state index in [-0.39, 0.29) is 0 Å². The Kier molecular flexibility index (Phi) is 4.16. The van der Waals surface area contributed by atoms with E-state index in [4.69, 9.17) is 11.6 Å². The highest BCUT2D eigenvalue weighted by molar-refractivity contribution is 6.30. The van der Waals surface area contributed by atoms with Crippen LogP contribution in [-0.2, 0) is 6.42 Å². The number of aryl methyl sites for hydroxylation is 1. The minimum Gasteiger partial charge on any atom is -0.0843 e. The van der Waals surface area contributed by atoms with Gasteiger partial charge in [0.15, 0.2) is 0 Å². The van der Waals surface area contributed by atoms with Crippen molar-refractivity contribution >= 4 is 11.6 Å². The molecule has 0 amide bonds. The van der Waals surface area contributed by atoms with E-state index in [1.54, 1.807) is 0 Å². The summed E-state index contributed by atoms with van der Waals surface area (Å²) in [7, 11) is 0. The second-order valence-electron chi connectivity index (χ2n) is 2.86. The van der Waals surface area contributed by atoms with Gasteiger partial charge in [0, 0.05) is 5.02 Å². The monoisotopic (exact) mass is 181 g/mol. The SMILES string of the molecule is CC[CH]CCc1ccc(Cl)cc1. The van der Waals surface area contributed by atoms with Crippen LogP contribution in [0.5, 0.6) is 0 Å². The molecule has 0 aliphatic heterocycles. The molecule has 0 nitrogen and oxygen atoms in total. The summed E-state index contributed by atoms with van der Waals surface area (Å²) in [6.07, 6.45) is 5.76. The van der Waals surface area contributed by atoms with Gasteiger partial charge in [-0.05, 0) is 37.0 Å².